The molecule has 4 heteroatoms. The fourth-order valence-corrected chi connectivity index (χ4v) is 2.62. The van der Waals surface area contributed by atoms with Gasteiger partial charge < -0.3 is 9.32 Å². The number of hydrogen-bond donors (Lipinski definition) is 0. The first kappa shape index (κ1) is 11.3. The van der Waals surface area contributed by atoms with Gasteiger partial charge in [-0.2, -0.15) is 0 Å². The average molecular weight is 244 g/mol. The number of nitrogens with zero attached hydrogens (tertiary/aromatic N) is 2. The summed E-state index contributed by atoms with van der Waals surface area (Å²) in [6, 6.07) is 5.85. The van der Waals surface area contributed by atoms with E-state index in [1.54, 1.807) is 6.92 Å². The Bertz CT molecular complexity index is 603. The van der Waals surface area contributed by atoms with Crippen LogP contribution in [-0.2, 0) is 0 Å². The lowest BCUT2D eigenvalue weighted by molar-refractivity contribution is 0.0749. The summed E-state index contributed by atoms with van der Waals surface area (Å²) in [5.74, 6) is 0.665. The number of aryl methyl sites for hydroxylation is 1. The predicted molar refractivity (Wildman–Crippen MR) is 68.5 cm³/mol. The summed E-state index contributed by atoms with van der Waals surface area (Å²) < 4.78 is 5.47. The Labute approximate surface area is 106 Å². The fourth-order valence-electron chi connectivity index (χ4n) is 2.62. The van der Waals surface area contributed by atoms with Gasteiger partial charge in [-0.05, 0) is 31.9 Å². The maximum atomic E-state index is 12.5. The molecule has 4 nitrogen and oxygen atoms in total. The van der Waals surface area contributed by atoms with Gasteiger partial charge in [0.1, 0.15) is 5.52 Å². The molecule has 3 rings (SSSR count). The lowest BCUT2D eigenvalue weighted by Crippen LogP contribution is -2.33. The van der Waals surface area contributed by atoms with Crippen LogP contribution < -0.4 is 0 Å². The zero-order chi connectivity index (χ0) is 12.7. The molecule has 2 aromatic rings. The molecule has 0 radical (unpaired) electrons. The number of carbonyl (C=O) groups excluding carboxylic acids is 1. The van der Waals surface area contributed by atoms with Gasteiger partial charge in [0, 0.05) is 19.5 Å². The van der Waals surface area contributed by atoms with Crippen molar-refractivity contribution >= 4 is 17.0 Å². The van der Waals surface area contributed by atoms with E-state index in [4.69, 9.17) is 4.42 Å². The number of amides is 1. The maximum Gasteiger partial charge on any atom is 0.256 e. The third kappa shape index (κ3) is 1.68. The summed E-state index contributed by atoms with van der Waals surface area (Å²) in [5.41, 5.74) is 2.02. The van der Waals surface area contributed by atoms with Crippen LogP contribution in [0.25, 0.3) is 11.1 Å². The van der Waals surface area contributed by atoms with E-state index in [1.807, 2.05) is 23.1 Å². The van der Waals surface area contributed by atoms with Crippen molar-refractivity contribution in [2.75, 3.05) is 6.54 Å². The topological polar surface area (TPSA) is 46.3 Å². The van der Waals surface area contributed by atoms with E-state index in [0.29, 0.717) is 28.6 Å². The zero-order valence-electron chi connectivity index (χ0n) is 10.6. The molecule has 0 aliphatic carbocycles. The van der Waals surface area contributed by atoms with Gasteiger partial charge >= 0.3 is 0 Å². The van der Waals surface area contributed by atoms with Crippen molar-refractivity contribution in [3.63, 3.8) is 0 Å². The minimum Gasteiger partial charge on any atom is -0.441 e. The molecule has 1 saturated heterocycles. The van der Waals surface area contributed by atoms with Gasteiger partial charge in [0.15, 0.2) is 11.5 Å². The smallest absolute Gasteiger partial charge is 0.256 e. The lowest BCUT2D eigenvalue weighted by Gasteiger charge is -2.21. The van der Waals surface area contributed by atoms with E-state index in [2.05, 4.69) is 11.9 Å². The summed E-state index contributed by atoms with van der Waals surface area (Å²) in [7, 11) is 0. The number of hydrogen-bond acceptors (Lipinski definition) is 3. The van der Waals surface area contributed by atoms with Crippen molar-refractivity contribution in [1.29, 1.82) is 0 Å². The summed E-state index contributed by atoms with van der Waals surface area (Å²) in [4.78, 5) is 18.8. The van der Waals surface area contributed by atoms with Gasteiger partial charge in [-0.25, -0.2) is 4.98 Å². The second-order valence-corrected chi connectivity index (χ2v) is 4.87. The minimum absolute atomic E-state index is 0.0684. The van der Waals surface area contributed by atoms with Crippen LogP contribution in [0.1, 0.15) is 36.0 Å². The molecule has 1 unspecified atom stereocenters. The first-order valence-electron chi connectivity index (χ1n) is 6.34. The van der Waals surface area contributed by atoms with Crippen LogP contribution in [0.15, 0.2) is 22.6 Å². The summed E-state index contributed by atoms with van der Waals surface area (Å²) >= 11 is 0. The van der Waals surface area contributed by atoms with E-state index < -0.39 is 0 Å². The largest absolute Gasteiger partial charge is 0.441 e. The number of likely N-dealkylation sites (tertiary alicyclic amines) is 1. The summed E-state index contributed by atoms with van der Waals surface area (Å²) in [6.45, 7) is 4.74. The van der Waals surface area contributed by atoms with Crippen molar-refractivity contribution < 1.29 is 9.21 Å². The van der Waals surface area contributed by atoms with E-state index in [0.717, 1.165) is 19.4 Å². The summed E-state index contributed by atoms with van der Waals surface area (Å²) in [6.07, 6.45) is 2.17. The van der Waals surface area contributed by atoms with Crippen molar-refractivity contribution in [3.8, 4) is 0 Å². The number of para-hydroxylation sites is 1. The van der Waals surface area contributed by atoms with Crippen molar-refractivity contribution in [2.45, 2.75) is 32.7 Å². The first-order chi connectivity index (χ1) is 8.66. The van der Waals surface area contributed by atoms with E-state index in [9.17, 15) is 4.79 Å². The first-order valence-corrected chi connectivity index (χ1v) is 6.34. The van der Waals surface area contributed by atoms with Crippen molar-refractivity contribution in [3.05, 3.63) is 29.7 Å². The third-order valence-electron chi connectivity index (χ3n) is 3.57. The monoisotopic (exact) mass is 244 g/mol. The highest BCUT2D eigenvalue weighted by atomic mass is 16.3. The fraction of sp³-hybridized carbons (Fsp3) is 0.429. The number of oxazole rings is 1. The highest BCUT2D eigenvalue weighted by molar-refractivity contribution is 6.04. The van der Waals surface area contributed by atoms with Crippen LogP contribution in [0.4, 0.5) is 0 Å². The number of fused-ring (bicyclic) bond motifs is 1. The normalized spacial score (nSPS) is 19.7. The number of rotatable bonds is 1. The molecular formula is C14H16N2O2. The van der Waals surface area contributed by atoms with Gasteiger partial charge in [-0.1, -0.05) is 6.07 Å². The molecular weight excluding hydrogens is 228 g/mol. The predicted octanol–water partition coefficient (Wildman–Crippen LogP) is 2.76. The number of aromatic nitrogens is 1. The average Bonchev–Trinajstić information content (AvgIpc) is 2.92. The maximum absolute atomic E-state index is 12.5. The van der Waals surface area contributed by atoms with Crippen LogP contribution in [0.3, 0.4) is 0 Å². The number of carbonyl (C=O) groups is 1. The highest BCUT2D eigenvalue weighted by Gasteiger charge is 2.27. The molecule has 94 valence electrons. The molecule has 1 amide bonds. The zero-order valence-corrected chi connectivity index (χ0v) is 10.6. The Balaban J connectivity index is 2.05. The molecule has 18 heavy (non-hydrogen) atoms. The minimum atomic E-state index is 0.0684. The van der Waals surface area contributed by atoms with Crippen LogP contribution in [0, 0.1) is 6.92 Å². The van der Waals surface area contributed by atoms with Gasteiger partial charge in [-0.3, -0.25) is 4.79 Å². The Kier molecular flexibility index (Phi) is 2.58. The molecule has 1 aliphatic heterocycles. The van der Waals surface area contributed by atoms with E-state index in [-0.39, 0.29) is 5.91 Å². The molecule has 1 aliphatic rings. The molecule has 0 N–H and O–H groups in total. The van der Waals surface area contributed by atoms with Crippen LogP contribution in [0.2, 0.25) is 0 Å². The Morgan fingerprint density at radius 3 is 3.06 bits per heavy atom. The van der Waals surface area contributed by atoms with Gasteiger partial charge in [0.05, 0.1) is 5.56 Å². The molecule has 1 aromatic carbocycles. The standard InChI is InChI=1S/C14H16N2O2/c1-9-5-4-8-16(9)14(17)11-6-3-7-12-13(11)15-10(2)18-12/h3,6-7,9H,4-5,8H2,1-2H3. The lowest BCUT2D eigenvalue weighted by atomic mass is 10.1. The molecule has 1 aromatic heterocycles. The molecule has 1 fully saturated rings. The number of benzene rings is 1. The molecule has 0 spiro atoms. The van der Waals surface area contributed by atoms with Gasteiger partial charge in [-0.15, -0.1) is 0 Å². The molecule has 0 bridgehead atoms. The van der Waals surface area contributed by atoms with Gasteiger partial charge in [0.25, 0.3) is 5.91 Å². The Morgan fingerprint density at radius 1 is 1.50 bits per heavy atom. The Hall–Kier alpha value is -1.84. The molecule has 2 heterocycles. The SMILES string of the molecule is Cc1nc2c(C(=O)N3CCCC3C)cccc2o1. The van der Waals surface area contributed by atoms with Crippen LogP contribution in [-0.4, -0.2) is 28.4 Å². The second kappa shape index (κ2) is 4.12. The third-order valence-corrected chi connectivity index (χ3v) is 3.57. The van der Waals surface area contributed by atoms with Crippen molar-refractivity contribution in [1.82, 2.24) is 9.88 Å². The van der Waals surface area contributed by atoms with Gasteiger partial charge in [0.2, 0.25) is 0 Å². The van der Waals surface area contributed by atoms with Crippen molar-refractivity contribution in [2.24, 2.45) is 0 Å². The van der Waals surface area contributed by atoms with Crippen LogP contribution in [0.5, 0.6) is 0 Å². The molecule has 1 atom stereocenters. The van der Waals surface area contributed by atoms with E-state index >= 15 is 0 Å². The van der Waals surface area contributed by atoms with E-state index in [1.165, 1.54) is 0 Å². The molecule has 0 saturated carbocycles. The quantitative estimate of drug-likeness (QED) is 0.775. The highest BCUT2D eigenvalue weighted by Crippen LogP contribution is 2.24. The van der Waals surface area contributed by atoms with Crippen LogP contribution >= 0.6 is 0 Å². The Morgan fingerprint density at radius 2 is 2.33 bits per heavy atom. The summed E-state index contributed by atoms with van der Waals surface area (Å²) in [5, 5.41) is 0. The second-order valence-electron chi connectivity index (χ2n) is 4.87.